The minimum absolute atomic E-state index is 0.213. The van der Waals surface area contributed by atoms with Crippen LogP contribution in [0.3, 0.4) is 0 Å². The van der Waals surface area contributed by atoms with Gasteiger partial charge in [0, 0.05) is 6.54 Å². The fraction of sp³-hybridized carbons (Fsp3) is 0.417. The van der Waals surface area contributed by atoms with Crippen LogP contribution in [0.1, 0.15) is 19.3 Å². The third-order valence-electron chi connectivity index (χ3n) is 3.15. The molecule has 0 N–H and O–H groups in total. The Morgan fingerprint density at radius 1 is 1.21 bits per heavy atom. The van der Waals surface area contributed by atoms with Crippen LogP contribution >= 0.6 is 0 Å². The highest BCUT2D eigenvalue weighted by atomic mass is 32.2. The number of benzene rings is 1. The van der Waals surface area contributed by atoms with E-state index in [1.165, 1.54) is 0 Å². The van der Waals surface area contributed by atoms with E-state index in [1.54, 1.807) is 0 Å². The van der Waals surface area contributed by atoms with E-state index in [-0.39, 0.29) is 11.4 Å². The Labute approximate surface area is 110 Å². The van der Waals surface area contributed by atoms with Crippen molar-refractivity contribution in [2.45, 2.75) is 30.2 Å². The summed E-state index contributed by atoms with van der Waals surface area (Å²) < 4.78 is 51.6. The lowest BCUT2D eigenvalue weighted by molar-refractivity contribution is -0.111. The van der Waals surface area contributed by atoms with Crippen molar-refractivity contribution in [1.82, 2.24) is 4.31 Å². The van der Waals surface area contributed by atoms with E-state index >= 15 is 0 Å². The van der Waals surface area contributed by atoms with Crippen LogP contribution in [0, 0.1) is 11.6 Å². The SMILES string of the molecule is O=CC1CCCCN1S(=O)(=O)c1ccc(F)c(F)c1. The molecule has 1 aliphatic rings. The van der Waals surface area contributed by atoms with Crippen LogP contribution in [0.5, 0.6) is 0 Å². The first-order valence-corrected chi connectivity index (χ1v) is 7.33. The van der Waals surface area contributed by atoms with Crippen molar-refractivity contribution < 1.29 is 22.0 Å². The highest BCUT2D eigenvalue weighted by Gasteiger charge is 2.33. The fourth-order valence-corrected chi connectivity index (χ4v) is 3.78. The first-order chi connectivity index (χ1) is 8.96. The van der Waals surface area contributed by atoms with Crippen molar-refractivity contribution in [3.05, 3.63) is 29.8 Å². The van der Waals surface area contributed by atoms with E-state index in [0.29, 0.717) is 25.2 Å². The van der Waals surface area contributed by atoms with Crippen LogP contribution in [0.15, 0.2) is 23.1 Å². The molecule has 1 saturated heterocycles. The first-order valence-electron chi connectivity index (χ1n) is 5.89. The predicted octanol–water partition coefficient (Wildman–Crippen LogP) is 1.71. The Bertz CT molecular complexity index is 589. The zero-order valence-corrected chi connectivity index (χ0v) is 10.9. The number of rotatable bonds is 3. The van der Waals surface area contributed by atoms with Crippen molar-refractivity contribution in [3.63, 3.8) is 0 Å². The molecule has 1 aromatic rings. The molecule has 1 aliphatic heterocycles. The second-order valence-corrected chi connectivity index (χ2v) is 6.28. The Morgan fingerprint density at radius 3 is 2.58 bits per heavy atom. The summed E-state index contributed by atoms with van der Waals surface area (Å²) in [6.07, 6.45) is 2.45. The normalized spacial score (nSPS) is 21.3. The lowest BCUT2D eigenvalue weighted by atomic mass is 10.1. The number of halogens is 2. The maximum absolute atomic E-state index is 13.1. The number of nitrogens with zero attached hydrogens (tertiary/aromatic N) is 1. The monoisotopic (exact) mass is 289 g/mol. The third kappa shape index (κ3) is 2.66. The molecular weight excluding hydrogens is 276 g/mol. The largest absolute Gasteiger partial charge is 0.302 e. The maximum Gasteiger partial charge on any atom is 0.243 e. The molecule has 0 aliphatic carbocycles. The zero-order chi connectivity index (χ0) is 14.0. The second kappa shape index (κ2) is 5.34. The Balaban J connectivity index is 2.40. The van der Waals surface area contributed by atoms with Gasteiger partial charge in [-0.2, -0.15) is 4.31 Å². The number of carbonyl (C=O) groups excluding carboxylic acids is 1. The molecule has 0 radical (unpaired) electrons. The molecule has 0 spiro atoms. The molecule has 1 heterocycles. The highest BCUT2D eigenvalue weighted by Crippen LogP contribution is 2.25. The molecule has 0 bridgehead atoms. The van der Waals surface area contributed by atoms with Crippen molar-refractivity contribution in [2.24, 2.45) is 0 Å². The topological polar surface area (TPSA) is 54.5 Å². The quantitative estimate of drug-likeness (QED) is 0.796. The van der Waals surface area contributed by atoms with E-state index in [1.807, 2.05) is 0 Å². The number of hydrogen-bond acceptors (Lipinski definition) is 3. The van der Waals surface area contributed by atoms with Gasteiger partial charge in [0.05, 0.1) is 10.9 Å². The molecular formula is C12H13F2NO3S. The molecule has 1 fully saturated rings. The van der Waals surface area contributed by atoms with E-state index in [4.69, 9.17) is 0 Å². The lowest BCUT2D eigenvalue weighted by Crippen LogP contribution is -2.44. The Hall–Kier alpha value is -1.34. The maximum atomic E-state index is 13.1. The van der Waals surface area contributed by atoms with Crippen LogP contribution in [0.2, 0.25) is 0 Å². The third-order valence-corrected chi connectivity index (χ3v) is 5.07. The van der Waals surface area contributed by atoms with E-state index in [0.717, 1.165) is 22.9 Å². The van der Waals surface area contributed by atoms with Crippen LogP contribution < -0.4 is 0 Å². The number of piperidine rings is 1. The Kier molecular flexibility index (Phi) is 3.96. The smallest absolute Gasteiger partial charge is 0.243 e. The van der Waals surface area contributed by atoms with Crippen molar-refractivity contribution in [1.29, 1.82) is 0 Å². The zero-order valence-electron chi connectivity index (χ0n) is 10.1. The Morgan fingerprint density at radius 2 is 1.95 bits per heavy atom. The van der Waals surface area contributed by atoms with Gasteiger partial charge in [0.15, 0.2) is 11.6 Å². The summed E-state index contributed by atoms with van der Waals surface area (Å²) in [5, 5.41) is 0. The first kappa shape index (κ1) is 14.1. The average Bonchev–Trinajstić information content (AvgIpc) is 2.41. The molecule has 1 aromatic carbocycles. The molecule has 7 heteroatoms. The molecule has 1 atom stereocenters. The van der Waals surface area contributed by atoms with Crippen molar-refractivity contribution in [2.75, 3.05) is 6.54 Å². The minimum atomic E-state index is -3.97. The second-order valence-electron chi connectivity index (χ2n) is 4.39. The van der Waals surface area contributed by atoms with Crippen molar-refractivity contribution >= 4 is 16.3 Å². The van der Waals surface area contributed by atoms with Gasteiger partial charge in [-0.05, 0) is 31.0 Å². The van der Waals surface area contributed by atoms with Crippen LogP contribution in [-0.2, 0) is 14.8 Å². The number of sulfonamides is 1. The van der Waals surface area contributed by atoms with E-state index < -0.39 is 27.7 Å². The van der Waals surface area contributed by atoms with Crippen LogP contribution in [0.4, 0.5) is 8.78 Å². The van der Waals surface area contributed by atoms with Gasteiger partial charge in [-0.3, -0.25) is 0 Å². The molecule has 19 heavy (non-hydrogen) atoms. The summed E-state index contributed by atoms with van der Waals surface area (Å²) in [6, 6.07) is 1.68. The summed E-state index contributed by atoms with van der Waals surface area (Å²) >= 11 is 0. The van der Waals surface area contributed by atoms with Crippen molar-refractivity contribution in [3.8, 4) is 0 Å². The summed E-state index contributed by atoms with van der Waals surface area (Å²) in [4.78, 5) is 10.6. The summed E-state index contributed by atoms with van der Waals surface area (Å²) in [6.45, 7) is 0.213. The van der Waals surface area contributed by atoms with Gasteiger partial charge in [-0.15, -0.1) is 0 Å². The summed E-state index contributed by atoms with van der Waals surface area (Å²) in [7, 11) is -3.97. The van der Waals surface area contributed by atoms with E-state index in [9.17, 15) is 22.0 Å². The summed E-state index contributed by atoms with van der Waals surface area (Å²) in [5.74, 6) is -2.33. The summed E-state index contributed by atoms with van der Waals surface area (Å²) in [5.41, 5.74) is 0. The van der Waals surface area contributed by atoms with Gasteiger partial charge in [0.1, 0.15) is 6.29 Å². The molecule has 104 valence electrons. The number of hydrogen-bond donors (Lipinski definition) is 0. The number of aldehydes is 1. The van der Waals surface area contributed by atoms with Crippen LogP contribution in [-0.4, -0.2) is 31.6 Å². The molecule has 4 nitrogen and oxygen atoms in total. The van der Waals surface area contributed by atoms with E-state index in [2.05, 4.69) is 0 Å². The van der Waals surface area contributed by atoms with Gasteiger partial charge < -0.3 is 4.79 Å². The lowest BCUT2D eigenvalue weighted by Gasteiger charge is -2.31. The average molecular weight is 289 g/mol. The van der Waals surface area contributed by atoms with Gasteiger partial charge >= 0.3 is 0 Å². The molecule has 1 unspecified atom stereocenters. The molecule has 0 aromatic heterocycles. The van der Waals surface area contributed by atoms with Gasteiger partial charge in [-0.25, -0.2) is 17.2 Å². The molecule has 0 amide bonds. The number of carbonyl (C=O) groups is 1. The predicted molar refractivity (Wildman–Crippen MR) is 64.0 cm³/mol. The minimum Gasteiger partial charge on any atom is -0.302 e. The van der Waals surface area contributed by atoms with Gasteiger partial charge in [-0.1, -0.05) is 6.42 Å². The molecule has 0 saturated carbocycles. The molecule has 2 rings (SSSR count). The highest BCUT2D eigenvalue weighted by molar-refractivity contribution is 7.89. The fourth-order valence-electron chi connectivity index (χ4n) is 2.14. The van der Waals surface area contributed by atoms with Gasteiger partial charge in [0.2, 0.25) is 10.0 Å². The standard InChI is InChI=1S/C12H13F2NO3S/c13-11-5-4-10(7-12(11)14)19(17,18)15-6-2-1-3-9(15)8-16/h4-5,7-9H,1-3,6H2. The van der Waals surface area contributed by atoms with Crippen LogP contribution in [0.25, 0.3) is 0 Å². The van der Waals surface area contributed by atoms with Gasteiger partial charge in [0.25, 0.3) is 0 Å².